The van der Waals surface area contributed by atoms with E-state index in [4.69, 9.17) is 0 Å². The Morgan fingerprint density at radius 1 is 1.30 bits per heavy atom. The van der Waals surface area contributed by atoms with Crippen LogP contribution in [0, 0.1) is 12.8 Å². The van der Waals surface area contributed by atoms with Gasteiger partial charge >= 0.3 is 0 Å². The van der Waals surface area contributed by atoms with Crippen LogP contribution in [0.15, 0.2) is 24.3 Å². The fraction of sp³-hybridized carbons (Fsp3) is 0.529. The lowest BCUT2D eigenvalue weighted by molar-refractivity contribution is 0.0945. The summed E-state index contributed by atoms with van der Waals surface area (Å²) in [4.78, 5) is 12.6. The normalized spacial score (nSPS) is 12.1. The average Bonchev–Trinajstić information content (AvgIpc) is 3.00. The van der Waals surface area contributed by atoms with E-state index in [0.717, 1.165) is 12.8 Å². The van der Waals surface area contributed by atoms with Crippen molar-refractivity contribution in [2.75, 3.05) is 6.54 Å². The molecule has 1 aromatic carbocycles. The molecule has 1 amide bonds. The molecule has 23 heavy (non-hydrogen) atoms. The van der Waals surface area contributed by atoms with E-state index in [1.807, 2.05) is 25.1 Å². The molecule has 0 fully saturated rings. The van der Waals surface area contributed by atoms with Crippen LogP contribution in [-0.4, -0.2) is 32.7 Å². The summed E-state index contributed by atoms with van der Waals surface area (Å²) in [5, 5.41) is 14.6. The standard InChI is InChI=1S/C17H25N5O/c1-4-6-9-14(5-2)12-18-17(23)15-10-7-8-11-16(15)22-13(3)19-20-21-22/h7-8,10-11,14H,4-6,9,12H2,1-3H3,(H,18,23). The highest BCUT2D eigenvalue weighted by atomic mass is 16.1. The number of benzene rings is 1. The number of carbonyl (C=O) groups is 1. The summed E-state index contributed by atoms with van der Waals surface area (Å²) in [6.07, 6.45) is 4.62. The minimum Gasteiger partial charge on any atom is -0.352 e. The average molecular weight is 315 g/mol. The van der Waals surface area contributed by atoms with Crippen molar-refractivity contribution in [2.24, 2.45) is 5.92 Å². The number of nitrogens with one attached hydrogen (secondary N) is 1. The van der Waals surface area contributed by atoms with Gasteiger partial charge in [0.25, 0.3) is 5.91 Å². The van der Waals surface area contributed by atoms with Crippen LogP contribution in [0.5, 0.6) is 0 Å². The Labute approximate surface area is 137 Å². The van der Waals surface area contributed by atoms with E-state index in [0.29, 0.717) is 29.5 Å². The Morgan fingerprint density at radius 2 is 2.09 bits per heavy atom. The molecular formula is C17H25N5O. The number of rotatable bonds is 8. The van der Waals surface area contributed by atoms with Gasteiger partial charge in [0.1, 0.15) is 0 Å². The summed E-state index contributed by atoms with van der Waals surface area (Å²) in [5.41, 5.74) is 1.29. The molecule has 6 nitrogen and oxygen atoms in total. The molecule has 1 atom stereocenters. The smallest absolute Gasteiger partial charge is 0.253 e. The summed E-state index contributed by atoms with van der Waals surface area (Å²) in [6, 6.07) is 7.39. The molecule has 0 bridgehead atoms. The van der Waals surface area contributed by atoms with Crippen molar-refractivity contribution < 1.29 is 4.79 Å². The molecule has 0 saturated heterocycles. The lowest BCUT2D eigenvalue weighted by Gasteiger charge is -2.16. The van der Waals surface area contributed by atoms with Crippen LogP contribution in [0.2, 0.25) is 0 Å². The second-order valence-electron chi connectivity index (χ2n) is 5.78. The van der Waals surface area contributed by atoms with Crippen LogP contribution < -0.4 is 5.32 Å². The number of para-hydroxylation sites is 1. The van der Waals surface area contributed by atoms with Gasteiger partial charge in [-0.3, -0.25) is 4.79 Å². The van der Waals surface area contributed by atoms with Crippen molar-refractivity contribution >= 4 is 5.91 Å². The Balaban J connectivity index is 2.10. The predicted molar refractivity (Wildman–Crippen MR) is 89.5 cm³/mol. The lowest BCUT2D eigenvalue weighted by atomic mass is 9.99. The second-order valence-corrected chi connectivity index (χ2v) is 5.78. The van der Waals surface area contributed by atoms with Crippen LogP contribution in [-0.2, 0) is 0 Å². The number of aryl methyl sites for hydroxylation is 1. The third kappa shape index (κ3) is 4.37. The van der Waals surface area contributed by atoms with Gasteiger partial charge in [-0.25, -0.2) is 0 Å². The minimum absolute atomic E-state index is 0.0783. The van der Waals surface area contributed by atoms with E-state index in [2.05, 4.69) is 34.7 Å². The van der Waals surface area contributed by atoms with Gasteiger partial charge in [0.05, 0.1) is 11.3 Å². The number of unbranched alkanes of at least 4 members (excludes halogenated alkanes) is 1. The second kappa shape index (κ2) is 8.41. The molecule has 0 saturated carbocycles. The van der Waals surface area contributed by atoms with Crippen molar-refractivity contribution in [2.45, 2.75) is 46.5 Å². The van der Waals surface area contributed by atoms with Gasteiger partial charge in [-0.2, -0.15) is 4.68 Å². The largest absolute Gasteiger partial charge is 0.352 e. The molecule has 0 aliphatic carbocycles. The number of nitrogens with zero attached hydrogens (tertiary/aromatic N) is 4. The molecule has 0 aliphatic rings. The predicted octanol–water partition coefficient (Wildman–Crippen LogP) is 2.92. The number of amides is 1. The first kappa shape index (κ1) is 17.1. The summed E-state index contributed by atoms with van der Waals surface area (Å²) in [5.74, 6) is 1.10. The maximum atomic E-state index is 12.6. The monoisotopic (exact) mass is 315 g/mol. The fourth-order valence-corrected chi connectivity index (χ4v) is 2.58. The van der Waals surface area contributed by atoms with Gasteiger partial charge in [-0.1, -0.05) is 45.2 Å². The topological polar surface area (TPSA) is 72.7 Å². The Morgan fingerprint density at radius 3 is 2.74 bits per heavy atom. The number of carbonyl (C=O) groups excluding carboxylic acids is 1. The quantitative estimate of drug-likeness (QED) is 0.813. The van der Waals surface area contributed by atoms with Crippen molar-refractivity contribution in [3.8, 4) is 5.69 Å². The molecule has 0 aliphatic heterocycles. The van der Waals surface area contributed by atoms with Crippen molar-refractivity contribution in [1.82, 2.24) is 25.5 Å². The van der Waals surface area contributed by atoms with E-state index >= 15 is 0 Å². The maximum absolute atomic E-state index is 12.6. The number of tetrazole rings is 1. The Kier molecular flexibility index (Phi) is 6.26. The zero-order valence-electron chi connectivity index (χ0n) is 14.1. The first-order chi connectivity index (χ1) is 11.2. The molecular weight excluding hydrogens is 290 g/mol. The molecule has 2 rings (SSSR count). The molecule has 0 radical (unpaired) electrons. The zero-order valence-corrected chi connectivity index (χ0v) is 14.1. The van der Waals surface area contributed by atoms with E-state index < -0.39 is 0 Å². The van der Waals surface area contributed by atoms with Gasteiger partial charge in [0.15, 0.2) is 5.82 Å². The molecule has 2 aromatic rings. The van der Waals surface area contributed by atoms with Crippen LogP contribution in [0.25, 0.3) is 5.69 Å². The SMILES string of the molecule is CCCCC(CC)CNC(=O)c1ccccc1-n1nnnc1C. The fourth-order valence-electron chi connectivity index (χ4n) is 2.58. The molecule has 1 unspecified atom stereocenters. The van der Waals surface area contributed by atoms with Gasteiger partial charge < -0.3 is 5.32 Å². The van der Waals surface area contributed by atoms with Gasteiger partial charge in [-0.15, -0.1) is 5.10 Å². The van der Waals surface area contributed by atoms with Gasteiger partial charge in [0, 0.05) is 6.54 Å². The van der Waals surface area contributed by atoms with Gasteiger partial charge in [-0.05, 0) is 41.8 Å². The summed E-state index contributed by atoms with van der Waals surface area (Å²) >= 11 is 0. The molecule has 124 valence electrons. The van der Waals surface area contributed by atoms with E-state index in [-0.39, 0.29) is 5.91 Å². The Bertz CT molecular complexity index is 637. The van der Waals surface area contributed by atoms with Crippen molar-refractivity contribution in [3.05, 3.63) is 35.7 Å². The van der Waals surface area contributed by atoms with Crippen LogP contribution in [0.1, 0.15) is 55.7 Å². The van der Waals surface area contributed by atoms with E-state index in [9.17, 15) is 4.79 Å². The first-order valence-electron chi connectivity index (χ1n) is 8.29. The molecule has 6 heteroatoms. The van der Waals surface area contributed by atoms with Crippen molar-refractivity contribution in [1.29, 1.82) is 0 Å². The molecule has 1 N–H and O–H groups in total. The van der Waals surface area contributed by atoms with Gasteiger partial charge in [0.2, 0.25) is 0 Å². The summed E-state index contributed by atoms with van der Waals surface area (Å²) in [6.45, 7) is 6.88. The highest BCUT2D eigenvalue weighted by molar-refractivity contribution is 5.97. The maximum Gasteiger partial charge on any atom is 0.253 e. The first-order valence-corrected chi connectivity index (χ1v) is 8.29. The number of hydrogen-bond donors (Lipinski definition) is 1. The van der Waals surface area contributed by atoms with Crippen LogP contribution in [0.4, 0.5) is 0 Å². The third-order valence-electron chi connectivity index (χ3n) is 4.10. The highest BCUT2D eigenvalue weighted by Gasteiger charge is 2.16. The molecule has 1 aromatic heterocycles. The highest BCUT2D eigenvalue weighted by Crippen LogP contribution is 2.15. The molecule has 0 spiro atoms. The number of hydrogen-bond acceptors (Lipinski definition) is 4. The van der Waals surface area contributed by atoms with Crippen molar-refractivity contribution in [3.63, 3.8) is 0 Å². The summed E-state index contributed by atoms with van der Waals surface area (Å²) in [7, 11) is 0. The minimum atomic E-state index is -0.0783. The van der Waals surface area contributed by atoms with E-state index in [1.165, 1.54) is 12.8 Å². The molecule has 1 heterocycles. The zero-order chi connectivity index (χ0) is 16.7. The summed E-state index contributed by atoms with van der Waals surface area (Å²) < 4.78 is 1.59. The van der Waals surface area contributed by atoms with Crippen LogP contribution >= 0.6 is 0 Å². The Hall–Kier alpha value is -2.24. The number of aromatic nitrogens is 4. The van der Waals surface area contributed by atoms with Crippen LogP contribution in [0.3, 0.4) is 0 Å². The lowest BCUT2D eigenvalue weighted by Crippen LogP contribution is -2.30. The van der Waals surface area contributed by atoms with E-state index in [1.54, 1.807) is 10.7 Å². The third-order valence-corrected chi connectivity index (χ3v) is 4.10.